The van der Waals surface area contributed by atoms with Gasteiger partial charge in [0.2, 0.25) is 0 Å². The van der Waals surface area contributed by atoms with Crippen LogP contribution in [0.3, 0.4) is 0 Å². The van der Waals surface area contributed by atoms with Crippen LogP contribution in [-0.2, 0) is 0 Å². The average Bonchev–Trinajstić information content (AvgIpc) is 2.34. The molecule has 1 N–H and O–H groups in total. The number of benzene rings is 1. The molecule has 0 bridgehead atoms. The first-order valence-corrected chi connectivity index (χ1v) is 8.05. The molecule has 1 fully saturated rings. The number of halogens is 4. The van der Waals surface area contributed by atoms with Gasteiger partial charge in [0.15, 0.2) is 0 Å². The first kappa shape index (κ1) is 16.5. The summed E-state index contributed by atoms with van der Waals surface area (Å²) in [4.78, 5) is 0. The normalized spacial score (nSPS) is 17.9. The summed E-state index contributed by atoms with van der Waals surface area (Å²) in [7, 11) is 0. The fraction of sp³-hybridized carbons (Fsp3) is 0.600. The second-order valence-corrected chi connectivity index (χ2v) is 6.23. The van der Waals surface area contributed by atoms with Crippen LogP contribution in [0.15, 0.2) is 22.7 Å². The Morgan fingerprint density at radius 1 is 1.05 bits per heavy atom. The monoisotopic (exact) mass is 365 g/mol. The molecule has 1 aliphatic carbocycles. The predicted octanol–water partition coefficient (Wildman–Crippen LogP) is 5.87. The van der Waals surface area contributed by atoms with Gasteiger partial charge >= 0.3 is 6.36 Å². The van der Waals surface area contributed by atoms with Crippen LogP contribution in [-0.4, -0.2) is 12.4 Å². The van der Waals surface area contributed by atoms with Crippen molar-refractivity contribution in [3.63, 3.8) is 0 Å². The lowest BCUT2D eigenvalue weighted by molar-refractivity contribution is -0.274. The molecule has 0 aromatic heterocycles. The standard InChI is InChI=1S/C15H19BrF3NO/c16-13-10-12(8-9-14(13)21-15(17,18)19)20-11-6-4-2-1-3-5-7-11/h8-11,20H,1-7H2. The first-order chi connectivity index (χ1) is 9.94. The van der Waals surface area contributed by atoms with Crippen molar-refractivity contribution in [2.24, 2.45) is 0 Å². The second-order valence-electron chi connectivity index (χ2n) is 5.38. The summed E-state index contributed by atoms with van der Waals surface area (Å²) in [5, 5.41) is 3.41. The Hall–Kier alpha value is -0.910. The van der Waals surface area contributed by atoms with Crippen molar-refractivity contribution >= 4 is 21.6 Å². The van der Waals surface area contributed by atoms with Crippen molar-refractivity contribution in [2.45, 2.75) is 57.3 Å². The highest BCUT2D eigenvalue weighted by Crippen LogP contribution is 2.33. The van der Waals surface area contributed by atoms with Crippen LogP contribution in [0.5, 0.6) is 5.75 Å². The van der Waals surface area contributed by atoms with Gasteiger partial charge in [0.1, 0.15) is 5.75 Å². The molecular formula is C15H19BrF3NO. The Morgan fingerprint density at radius 3 is 2.24 bits per heavy atom. The SMILES string of the molecule is FC(F)(F)Oc1ccc(NC2CCCCCCC2)cc1Br. The van der Waals surface area contributed by atoms with Crippen molar-refractivity contribution in [3.05, 3.63) is 22.7 Å². The molecule has 0 atom stereocenters. The average molecular weight is 366 g/mol. The third-order valence-corrected chi connectivity index (χ3v) is 4.25. The first-order valence-electron chi connectivity index (χ1n) is 7.26. The third kappa shape index (κ3) is 5.77. The molecule has 1 aromatic rings. The number of rotatable bonds is 3. The molecule has 118 valence electrons. The van der Waals surface area contributed by atoms with E-state index in [0.29, 0.717) is 10.5 Å². The number of ether oxygens (including phenoxy) is 1. The van der Waals surface area contributed by atoms with Crippen LogP contribution in [0.4, 0.5) is 18.9 Å². The van der Waals surface area contributed by atoms with Crippen LogP contribution in [0.25, 0.3) is 0 Å². The van der Waals surface area contributed by atoms with E-state index >= 15 is 0 Å². The zero-order chi connectivity index (χ0) is 15.3. The molecule has 2 rings (SSSR count). The van der Waals surface area contributed by atoms with Crippen LogP contribution in [0.1, 0.15) is 44.9 Å². The molecule has 2 nitrogen and oxygen atoms in total. The summed E-state index contributed by atoms with van der Waals surface area (Å²) in [5.41, 5.74) is 0.821. The summed E-state index contributed by atoms with van der Waals surface area (Å²) >= 11 is 3.13. The Morgan fingerprint density at radius 2 is 1.67 bits per heavy atom. The largest absolute Gasteiger partial charge is 0.573 e. The van der Waals surface area contributed by atoms with E-state index < -0.39 is 6.36 Å². The van der Waals surface area contributed by atoms with Gasteiger partial charge in [-0.25, -0.2) is 0 Å². The van der Waals surface area contributed by atoms with Crippen molar-refractivity contribution in [2.75, 3.05) is 5.32 Å². The molecule has 1 aromatic carbocycles. The maximum atomic E-state index is 12.2. The zero-order valence-corrected chi connectivity index (χ0v) is 13.3. The fourth-order valence-corrected chi connectivity index (χ4v) is 3.09. The van der Waals surface area contributed by atoms with Gasteiger partial charge in [-0.1, -0.05) is 32.1 Å². The fourth-order valence-electron chi connectivity index (χ4n) is 2.63. The van der Waals surface area contributed by atoms with E-state index in [9.17, 15) is 13.2 Å². The number of nitrogens with one attached hydrogen (secondary N) is 1. The summed E-state index contributed by atoms with van der Waals surface area (Å²) in [6.07, 6.45) is 3.79. The van der Waals surface area contributed by atoms with Gasteiger partial charge in [-0.3, -0.25) is 0 Å². The Labute approximate surface area is 131 Å². The summed E-state index contributed by atoms with van der Waals surface area (Å²) in [6, 6.07) is 5.00. The molecule has 6 heteroatoms. The van der Waals surface area contributed by atoms with E-state index in [2.05, 4.69) is 26.0 Å². The smallest absolute Gasteiger partial charge is 0.405 e. The van der Waals surface area contributed by atoms with Crippen LogP contribution in [0.2, 0.25) is 0 Å². The Balaban J connectivity index is 1.98. The van der Waals surface area contributed by atoms with Gasteiger partial charge in [-0.2, -0.15) is 0 Å². The second kappa shape index (κ2) is 7.38. The summed E-state index contributed by atoms with van der Waals surface area (Å²) < 4.78 is 40.9. The number of hydrogen-bond acceptors (Lipinski definition) is 2. The van der Waals surface area contributed by atoms with Gasteiger partial charge in [0.05, 0.1) is 4.47 Å². The van der Waals surface area contributed by atoms with E-state index in [-0.39, 0.29) is 5.75 Å². The van der Waals surface area contributed by atoms with Gasteiger partial charge < -0.3 is 10.1 Å². The minimum absolute atomic E-state index is 0.217. The molecular weight excluding hydrogens is 347 g/mol. The molecule has 0 saturated heterocycles. The Kier molecular flexibility index (Phi) is 5.79. The summed E-state index contributed by atoms with van der Waals surface area (Å²) in [6.45, 7) is 0. The van der Waals surface area contributed by atoms with Gasteiger partial charge in [-0.15, -0.1) is 13.2 Å². The third-order valence-electron chi connectivity index (χ3n) is 3.63. The lowest BCUT2D eigenvalue weighted by Gasteiger charge is -2.22. The van der Waals surface area contributed by atoms with E-state index in [0.717, 1.165) is 18.5 Å². The maximum Gasteiger partial charge on any atom is 0.573 e. The molecule has 1 aliphatic rings. The topological polar surface area (TPSA) is 21.3 Å². The van der Waals surface area contributed by atoms with Crippen LogP contribution >= 0.6 is 15.9 Å². The van der Waals surface area contributed by atoms with E-state index in [4.69, 9.17) is 0 Å². The van der Waals surface area contributed by atoms with Crippen LogP contribution < -0.4 is 10.1 Å². The number of alkyl halides is 3. The minimum atomic E-state index is -4.67. The number of anilines is 1. The van der Waals surface area contributed by atoms with E-state index in [1.807, 2.05) is 0 Å². The van der Waals surface area contributed by atoms with Crippen molar-refractivity contribution in [1.29, 1.82) is 0 Å². The van der Waals surface area contributed by atoms with Crippen molar-refractivity contribution in [3.8, 4) is 5.75 Å². The molecule has 0 amide bonds. The highest BCUT2D eigenvalue weighted by Gasteiger charge is 2.32. The van der Waals surface area contributed by atoms with E-state index in [1.165, 1.54) is 38.2 Å². The van der Waals surface area contributed by atoms with Crippen molar-refractivity contribution in [1.82, 2.24) is 0 Å². The molecule has 0 aliphatic heterocycles. The molecule has 0 spiro atoms. The zero-order valence-electron chi connectivity index (χ0n) is 11.7. The lowest BCUT2D eigenvalue weighted by Crippen LogP contribution is -2.21. The molecule has 21 heavy (non-hydrogen) atoms. The van der Waals surface area contributed by atoms with Crippen molar-refractivity contribution < 1.29 is 17.9 Å². The highest BCUT2D eigenvalue weighted by atomic mass is 79.9. The molecule has 0 radical (unpaired) electrons. The number of hydrogen-bond donors (Lipinski definition) is 1. The minimum Gasteiger partial charge on any atom is -0.405 e. The molecule has 0 unspecified atom stereocenters. The van der Waals surface area contributed by atoms with Gasteiger partial charge in [-0.05, 0) is 47.0 Å². The predicted molar refractivity (Wildman–Crippen MR) is 80.6 cm³/mol. The van der Waals surface area contributed by atoms with Gasteiger partial charge in [0, 0.05) is 11.7 Å². The lowest BCUT2D eigenvalue weighted by atomic mass is 9.96. The molecule has 0 heterocycles. The van der Waals surface area contributed by atoms with Crippen LogP contribution in [0, 0.1) is 0 Å². The maximum absolute atomic E-state index is 12.2. The molecule has 1 saturated carbocycles. The summed E-state index contributed by atoms with van der Waals surface area (Å²) in [5.74, 6) is -0.217. The Bertz CT molecular complexity index is 457. The van der Waals surface area contributed by atoms with E-state index in [1.54, 1.807) is 12.1 Å². The van der Waals surface area contributed by atoms with Gasteiger partial charge in [0.25, 0.3) is 0 Å². The highest BCUT2D eigenvalue weighted by molar-refractivity contribution is 9.10. The quantitative estimate of drug-likeness (QED) is 0.722.